The number of unbranched alkanes of at least 4 members (excludes halogenated alkanes) is 12. The van der Waals surface area contributed by atoms with Gasteiger partial charge in [-0.15, -0.1) is 0 Å². The summed E-state index contributed by atoms with van der Waals surface area (Å²) in [6.45, 7) is 3.43. The monoisotopic (exact) mass is 897 g/mol. The van der Waals surface area contributed by atoms with Crippen LogP contribution in [0.4, 0.5) is 0 Å². The summed E-state index contributed by atoms with van der Waals surface area (Å²) in [5.74, 6) is -0.399. The number of aliphatic hydroxyl groups excluding tert-OH is 7. The summed E-state index contributed by atoms with van der Waals surface area (Å²) in [4.78, 5) is 13.0. The summed E-state index contributed by atoms with van der Waals surface area (Å²) in [7, 11) is 0. The molecule has 0 aromatic heterocycles. The fraction of sp³-hybridized carbons (Fsp3) is 0.776. The maximum atomic E-state index is 13.0. The lowest BCUT2D eigenvalue weighted by Crippen LogP contribution is -2.61. The molecule has 2 aliphatic heterocycles. The number of hydrogen-bond donors (Lipinski definition) is 7. The summed E-state index contributed by atoms with van der Waals surface area (Å²) in [6.07, 6.45) is 25.7. The van der Waals surface area contributed by atoms with E-state index in [1.165, 1.54) is 12.8 Å². The molecule has 0 aromatic carbocycles. The zero-order valence-corrected chi connectivity index (χ0v) is 38.3. The molecular weight excluding hydrogens is 813 g/mol. The molecule has 2 aliphatic rings. The predicted octanol–water partition coefficient (Wildman–Crippen LogP) is 6.18. The van der Waals surface area contributed by atoms with Gasteiger partial charge in [-0.1, -0.05) is 126 Å². The molecule has 14 heteroatoms. The highest BCUT2D eigenvalue weighted by atomic mass is 16.7. The first kappa shape index (κ1) is 56.8. The van der Waals surface area contributed by atoms with Crippen molar-refractivity contribution in [3.63, 3.8) is 0 Å². The van der Waals surface area contributed by atoms with Crippen molar-refractivity contribution in [2.24, 2.45) is 0 Å². The van der Waals surface area contributed by atoms with Crippen LogP contribution in [0.3, 0.4) is 0 Å². The Morgan fingerprint density at radius 2 is 1.03 bits per heavy atom. The highest BCUT2D eigenvalue weighted by Gasteiger charge is 2.47. The third-order valence-electron chi connectivity index (χ3n) is 11.0. The Balaban J connectivity index is 1.81. The third kappa shape index (κ3) is 25.3. The van der Waals surface area contributed by atoms with E-state index in [9.17, 15) is 40.5 Å². The minimum Gasteiger partial charge on any atom is -0.457 e. The molecule has 0 aliphatic carbocycles. The summed E-state index contributed by atoms with van der Waals surface area (Å²) < 4.78 is 34.2. The molecule has 0 spiro atoms. The van der Waals surface area contributed by atoms with Gasteiger partial charge in [-0.25, -0.2) is 0 Å². The standard InChI is InChI=1S/C49H84O14/c1-3-5-7-9-11-13-15-17-18-19-21-23-25-27-29-31-33-58-35-38(61-41(51)32-30-28-26-24-22-20-16-14-12-10-8-6-4-2)36-59-48-47(57)45(55)43(53)40(63-48)37-60-49-46(56)44(54)42(52)39(34-50)62-49/h5,7-8,10-11,13-14,16-18,38-40,42-50,52-57H,3-4,6,9,12,15,19-37H2,1-2H3/b7-5-,10-8-,13-11-,16-14-,18-17-. The molecule has 0 aromatic rings. The smallest absolute Gasteiger partial charge is 0.306 e. The lowest BCUT2D eigenvalue weighted by atomic mass is 9.98. The molecule has 0 bridgehead atoms. The SMILES string of the molecule is CC/C=C\C/C=C\C/C=C\CCCCCCCCOCC(COC1OC(COC2OC(CO)C(O)C(O)C2O)C(O)C(O)C1O)OC(=O)CCCCCCC/C=C\C/C=C\CCC. The van der Waals surface area contributed by atoms with Crippen LogP contribution in [0, 0.1) is 0 Å². The number of aliphatic hydroxyl groups is 7. The predicted molar refractivity (Wildman–Crippen MR) is 242 cm³/mol. The first-order valence-electron chi connectivity index (χ1n) is 23.9. The van der Waals surface area contributed by atoms with Crippen LogP contribution < -0.4 is 0 Å². The number of rotatable bonds is 36. The van der Waals surface area contributed by atoms with E-state index < -0.39 is 86.7 Å². The number of carbonyl (C=O) groups excluding carboxylic acids is 1. The van der Waals surface area contributed by atoms with Crippen LogP contribution in [0.2, 0.25) is 0 Å². The van der Waals surface area contributed by atoms with Gasteiger partial charge in [0, 0.05) is 13.0 Å². The number of esters is 1. The second kappa shape index (κ2) is 36.9. The van der Waals surface area contributed by atoms with E-state index in [1.54, 1.807) is 0 Å². The van der Waals surface area contributed by atoms with E-state index in [2.05, 4.69) is 74.6 Å². The van der Waals surface area contributed by atoms with Crippen molar-refractivity contribution in [1.29, 1.82) is 0 Å². The van der Waals surface area contributed by atoms with Crippen molar-refractivity contribution >= 4 is 5.97 Å². The van der Waals surface area contributed by atoms with Gasteiger partial charge in [-0.2, -0.15) is 0 Å². The fourth-order valence-corrected chi connectivity index (χ4v) is 7.10. The van der Waals surface area contributed by atoms with E-state index in [4.69, 9.17) is 28.4 Å². The van der Waals surface area contributed by atoms with E-state index >= 15 is 0 Å². The zero-order valence-electron chi connectivity index (χ0n) is 38.3. The Morgan fingerprint density at radius 3 is 1.62 bits per heavy atom. The lowest BCUT2D eigenvalue weighted by molar-refractivity contribution is -0.332. The Kier molecular flexibility index (Phi) is 33.2. The largest absolute Gasteiger partial charge is 0.457 e. The van der Waals surface area contributed by atoms with Gasteiger partial charge in [0.15, 0.2) is 12.6 Å². The van der Waals surface area contributed by atoms with Crippen LogP contribution in [0.25, 0.3) is 0 Å². The minimum absolute atomic E-state index is 0.0439. The summed E-state index contributed by atoms with van der Waals surface area (Å²) in [5, 5.41) is 72.0. The molecule has 0 amide bonds. The van der Waals surface area contributed by atoms with Gasteiger partial charge in [-0.05, 0) is 70.6 Å². The minimum atomic E-state index is -1.71. The number of allylic oxidation sites excluding steroid dienone is 10. The van der Waals surface area contributed by atoms with E-state index in [0.717, 1.165) is 103 Å². The molecule has 11 atom stereocenters. The van der Waals surface area contributed by atoms with Crippen LogP contribution in [-0.2, 0) is 33.2 Å². The highest BCUT2D eigenvalue weighted by molar-refractivity contribution is 5.69. The first-order chi connectivity index (χ1) is 30.6. The van der Waals surface area contributed by atoms with Crippen molar-refractivity contribution in [2.45, 2.75) is 210 Å². The summed E-state index contributed by atoms with van der Waals surface area (Å²) in [6, 6.07) is 0. The van der Waals surface area contributed by atoms with Gasteiger partial charge in [0.1, 0.15) is 54.9 Å². The summed E-state index contributed by atoms with van der Waals surface area (Å²) >= 11 is 0. The molecule has 11 unspecified atom stereocenters. The van der Waals surface area contributed by atoms with Crippen molar-refractivity contribution in [3.8, 4) is 0 Å². The zero-order chi connectivity index (χ0) is 45.9. The second-order valence-corrected chi connectivity index (χ2v) is 16.5. The molecule has 2 rings (SSSR count). The molecule has 2 heterocycles. The molecule has 63 heavy (non-hydrogen) atoms. The number of hydrogen-bond acceptors (Lipinski definition) is 14. The van der Waals surface area contributed by atoms with Crippen LogP contribution in [0.15, 0.2) is 60.8 Å². The fourth-order valence-electron chi connectivity index (χ4n) is 7.10. The maximum Gasteiger partial charge on any atom is 0.306 e. The van der Waals surface area contributed by atoms with Crippen LogP contribution >= 0.6 is 0 Å². The Labute approximate surface area is 377 Å². The second-order valence-electron chi connectivity index (χ2n) is 16.5. The van der Waals surface area contributed by atoms with E-state index in [-0.39, 0.29) is 19.6 Å². The van der Waals surface area contributed by atoms with E-state index in [1.807, 2.05) is 0 Å². The molecule has 0 saturated carbocycles. The van der Waals surface area contributed by atoms with Crippen molar-refractivity contribution in [3.05, 3.63) is 60.8 Å². The molecular formula is C49H84O14. The van der Waals surface area contributed by atoms with Gasteiger partial charge in [-0.3, -0.25) is 4.79 Å². The average Bonchev–Trinajstić information content (AvgIpc) is 3.28. The molecule has 7 N–H and O–H groups in total. The highest BCUT2D eigenvalue weighted by Crippen LogP contribution is 2.26. The lowest BCUT2D eigenvalue weighted by Gasteiger charge is -2.42. The third-order valence-corrected chi connectivity index (χ3v) is 11.0. The molecule has 2 saturated heterocycles. The van der Waals surface area contributed by atoms with Gasteiger partial charge in [0.2, 0.25) is 0 Å². The van der Waals surface area contributed by atoms with Gasteiger partial charge < -0.3 is 64.2 Å². The number of carbonyl (C=O) groups is 1. The van der Waals surface area contributed by atoms with Gasteiger partial charge in [0.25, 0.3) is 0 Å². The van der Waals surface area contributed by atoms with Gasteiger partial charge >= 0.3 is 5.97 Å². The van der Waals surface area contributed by atoms with Gasteiger partial charge in [0.05, 0.1) is 26.4 Å². The molecule has 0 radical (unpaired) electrons. The van der Waals surface area contributed by atoms with Crippen LogP contribution in [0.5, 0.6) is 0 Å². The maximum absolute atomic E-state index is 13.0. The van der Waals surface area contributed by atoms with E-state index in [0.29, 0.717) is 13.0 Å². The Bertz CT molecular complexity index is 1270. The van der Waals surface area contributed by atoms with Crippen LogP contribution in [0.1, 0.15) is 142 Å². The average molecular weight is 897 g/mol. The number of ether oxygens (including phenoxy) is 6. The normalized spacial score (nSPS) is 27.5. The van der Waals surface area contributed by atoms with Crippen LogP contribution in [-0.4, -0.2) is 142 Å². The van der Waals surface area contributed by atoms with Crippen molar-refractivity contribution in [2.75, 3.05) is 33.0 Å². The van der Waals surface area contributed by atoms with Crippen molar-refractivity contribution in [1.82, 2.24) is 0 Å². The van der Waals surface area contributed by atoms with Crippen molar-refractivity contribution < 1.29 is 69.0 Å². The Morgan fingerprint density at radius 1 is 0.540 bits per heavy atom. The summed E-state index contributed by atoms with van der Waals surface area (Å²) in [5.41, 5.74) is 0. The molecule has 14 nitrogen and oxygen atoms in total. The quantitative estimate of drug-likeness (QED) is 0.0213. The Hall–Kier alpha value is -2.31. The molecule has 364 valence electrons. The molecule has 2 fully saturated rings. The first-order valence-corrected chi connectivity index (χ1v) is 23.9. The topological polar surface area (TPSA) is 214 Å².